The Morgan fingerprint density at radius 2 is 2.30 bits per heavy atom. The van der Waals surface area contributed by atoms with Gasteiger partial charge in [-0.2, -0.15) is 0 Å². The number of ether oxygens (including phenoxy) is 1. The fraction of sp³-hybridized carbons (Fsp3) is 0.429. The largest absolute Gasteiger partial charge is 0.481 e. The van der Waals surface area contributed by atoms with Gasteiger partial charge in [-0.1, -0.05) is 0 Å². The van der Waals surface area contributed by atoms with Gasteiger partial charge in [0.25, 0.3) is 11.5 Å². The average Bonchev–Trinajstić information content (AvgIpc) is 2.89. The molecule has 1 saturated heterocycles. The number of carboxylic acid groups (broad SMARTS) is 1. The maximum absolute atomic E-state index is 12.6. The van der Waals surface area contributed by atoms with Gasteiger partial charge in [0.1, 0.15) is 5.56 Å². The number of morpholine rings is 1. The summed E-state index contributed by atoms with van der Waals surface area (Å²) in [6, 6.07) is 0. The van der Waals surface area contributed by atoms with Gasteiger partial charge in [0.15, 0.2) is 4.96 Å². The number of hydrogen-bond donors (Lipinski definition) is 1. The highest BCUT2D eigenvalue weighted by atomic mass is 32.1. The summed E-state index contributed by atoms with van der Waals surface area (Å²) in [5, 5.41) is 10.6. The number of aromatic nitrogens is 2. The van der Waals surface area contributed by atoms with Crippen LogP contribution in [0.15, 0.2) is 16.4 Å². The zero-order valence-electron chi connectivity index (χ0n) is 12.4. The molecular formula is C14H15N3O5S. The standard InChI is InChI=1S/C14H15N3O5S/c1-8-7-23-14-15-5-10(13(21)17(8)14)12(20)16-2-3-22-9(6-16)4-11(18)19/h5,7,9H,2-4,6H2,1H3,(H,18,19). The molecule has 3 rings (SSSR count). The Labute approximate surface area is 134 Å². The van der Waals surface area contributed by atoms with Crippen LogP contribution in [0.3, 0.4) is 0 Å². The van der Waals surface area contributed by atoms with Crippen LogP contribution in [0.2, 0.25) is 0 Å². The number of fused-ring (bicyclic) bond motifs is 1. The quantitative estimate of drug-likeness (QED) is 0.869. The van der Waals surface area contributed by atoms with Crippen molar-refractivity contribution in [1.29, 1.82) is 0 Å². The first-order valence-corrected chi connectivity index (χ1v) is 7.94. The summed E-state index contributed by atoms with van der Waals surface area (Å²) in [5.41, 5.74) is 0.308. The minimum Gasteiger partial charge on any atom is -0.481 e. The topological polar surface area (TPSA) is 101 Å². The molecule has 0 radical (unpaired) electrons. The first-order chi connectivity index (χ1) is 11.0. The highest BCUT2D eigenvalue weighted by Crippen LogP contribution is 2.14. The average molecular weight is 337 g/mol. The first-order valence-electron chi connectivity index (χ1n) is 7.06. The predicted molar refractivity (Wildman–Crippen MR) is 82.0 cm³/mol. The normalized spacial score (nSPS) is 18.3. The van der Waals surface area contributed by atoms with Crippen molar-refractivity contribution < 1.29 is 19.4 Å². The molecule has 0 saturated carbocycles. The molecule has 9 heteroatoms. The van der Waals surface area contributed by atoms with Crippen LogP contribution in [0, 0.1) is 6.92 Å². The van der Waals surface area contributed by atoms with E-state index in [2.05, 4.69) is 4.98 Å². The van der Waals surface area contributed by atoms with E-state index in [-0.39, 0.29) is 25.1 Å². The second kappa shape index (κ2) is 6.09. The van der Waals surface area contributed by atoms with Crippen LogP contribution in [0.5, 0.6) is 0 Å². The molecule has 0 aromatic carbocycles. The van der Waals surface area contributed by atoms with Crippen LogP contribution in [0.4, 0.5) is 0 Å². The van der Waals surface area contributed by atoms with E-state index < -0.39 is 23.5 Å². The fourth-order valence-electron chi connectivity index (χ4n) is 2.56. The lowest BCUT2D eigenvalue weighted by Crippen LogP contribution is -2.47. The van der Waals surface area contributed by atoms with E-state index in [4.69, 9.17) is 9.84 Å². The molecule has 1 unspecified atom stereocenters. The van der Waals surface area contributed by atoms with Crippen LogP contribution in [-0.2, 0) is 9.53 Å². The number of thiazole rings is 1. The van der Waals surface area contributed by atoms with E-state index >= 15 is 0 Å². The van der Waals surface area contributed by atoms with Crippen molar-refractivity contribution in [2.75, 3.05) is 19.7 Å². The molecule has 1 aliphatic rings. The van der Waals surface area contributed by atoms with Gasteiger partial charge in [0.2, 0.25) is 0 Å². The minimum absolute atomic E-state index is 0.0139. The van der Waals surface area contributed by atoms with Crippen molar-refractivity contribution in [2.45, 2.75) is 19.4 Å². The molecule has 1 N–H and O–H groups in total. The summed E-state index contributed by atoms with van der Waals surface area (Å²) in [6.07, 6.45) is 0.550. The van der Waals surface area contributed by atoms with Crippen molar-refractivity contribution >= 4 is 28.2 Å². The van der Waals surface area contributed by atoms with Crippen LogP contribution in [0.1, 0.15) is 22.5 Å². The molecule has 1 aliphatic heterocycles. The summed E-state index contributed by atoms with van der Waals surface area (Å²) in [5.74, 6) is -1.43. The molecule has 1 fully saturated rings. The van der Waals surface area contributed by atoms with Gasteiger partial charge >= 0.3 is 5.97 Å². The monoisotopic (exact) mass is 337 g/mol. The molecule has 3 heterocycles. The van der Waals surface area contributed by atoms with Gasteiger partial charge < -0.3 is 14.7 Å². The summed E-state index contributed by atoms with van der Waals surface area (Å²) in [7, 11) is 0. The van der Waals surface area contributed by atoms with Crippen molar-refractivity contribution in [2.24, 2.45) is 0 Å². The van der Waals surface area contributed by atoms with E-state index in [0.29, 0.717) is 11.5 Å². The highest BCUT2D eigenvalue weighted by Gasteiger charge is 2.28. The molecule has 0 bridgehead atoms. The van der Waals surface area contributed by atoms with E-state index in [1.54, 1.807) is 12.3 Å². The second-order valence-corrected chi connectivity index (χ2v) is 6.15. The maximum Gasteiger partial charge on any atom is 0.306 e. The summed E-state index contributed by atoms with van der Waals surface area (Å²) >= 11 is 1.33. The number of carbonyl (C=O) groups is 2. The Balaban J connectivity index is 1.88. The molecule has 122 valence electrons. The third kappa shape index (κ3) is 2.97. The van der Waals surface area contributed by atoms with Gasteiger partial charge in [0.05, 0.1) is 19.1 Å². The number of hydrogen-bond acceptors (Lipinski definition) is 6. The van der Waals surface area contributed by atoms with Crippen LogP contribution < -0.4 is 5.56 Å². The number of nitrogens with zero attached hydrogens (tertiary/aromatic N) is 3. The third-order valence-corrected chi connectivity index (χ3v) is 4.63. The SMILES string of the molecule is Cc1csc2ncc(C(=O)N3CCOC(CC(=O)O)C3)c(=O)n12. The van der Waals surface area contributed by atoms with E-state index in [0.717, 1.165) is 5.69 Å². The molecule has 1 atom stereocenters. The fourth-order valence-corrected chi connectivity index (χ4v) is 3.39. The molecule has 0 spiro atoms. The van der Waals surface area contributed by atoms with Gasteiger partial charge in [0, 0.05) is 30.4 Å². The summed E-state index contributed by atoms with van der Waals surface area (Å²) < 4.78 is 6.75. The highest BCUT2D eigenvalue weighted by molar-refractivity contribution is 7.15. The van der Waals surface area contributed by atoms with E-state index in [9.17, 15) is 14.4 Å². The molecule has 1 amide bonds. The summed E-state index contributed by atoms with van der Waals surface area (Å²) in [6.45, 7) is 2.49. The minimum atomic E-state index is -0.985. The molecule has 8 nitrogen and oxygen atoms in total. The lowest BCUT2D eigenvalue weighted by atomic mass is 10.2. The predicted octanol–water partition coefficient (Wildman–Crippen LogP) is 0.380. The zero-order valence-corrected chi connectivity index (χ0v) is 13.2. The van der Waals surface area contributed by atoms with Gasteiger partial charge in [-0.3, -0.25) is 18.8 Å². The number of aliphatic carboxylic acids is 1. The van der Waals surface area contributed by atoms with Crippen LogP contribution in [-0.4, -0.2) is 57.1 Å². The van der Waals surface area contributed by atoms with Crippen molar-refractivity contribution in [1.82, 2.24) is 14.3 Å². The molecule has 2 aromatic rings. The van der Waals surface area contributed by atoms with Gasteiger partial charge in [-0.25, -0.2) is 4.98 Å². The molecule has 23 heavy (non-hydrogen) atoms. The Bertz CT molecular complexity index is 827. The number of carboxylic acids is 1. The van der Waals surface area contributed by atoms with E-state index in [1.165, 1.54) is 26.8 Å². The Morgan fingerprint density at radius 1 is 1.52 bits per heavy atom. The van der Waals surface area contributed by atoms with Crippen molar-refractivity contribution in [3.63, 3.8) is 0 Å². The third-order valence-electron chi connectivity index (χ3n) is 3.68. The lowest BCUT2D eigenvalue weighted by Gasteiger charge is -2.32. The number of carbonyl (C=O) groups excluding carboxylic acids is 1. The van der Waals surface area contributed by atoms with Crippen molar-refractivity contribution in [3.05, 3.63) is 33.2 Å². The smallest absolute Gasteiger partial charge is 0.306 e. The van der Waals surface area contributed by atoms with Crippen LogP contribution >= 0.6 is 11.3 Å². The van der Waals surface area contributed by atoms with Gasteiger partial charge in [-0.05, 0) is 6.92 Å². The first kappa shape index (κ1) is 15.6. The Hall–Kier alpha value is -2.26. The van der Waals surface area contributed by atoms with Crippen LogP contribution in [0.25, 0.3) is 4.96 Å². The zero-order chi connectivity index (χ0) is 16.6. The van der Waals surface area contributed by atoms with E-state index in [1.807, 2.05) is 0 Å². The maximum atomic E-state index is 12.6. The number of amides is 1. The summed E-state index contributed by atoms with van der Waals surface area (Å²) in [4.78, 5) is 42.0. The van der Waals surface area contributed by atoms with Gasteiger partial charge in [-0.15, -0.1) is 11.3 Å². The molecular weight excluding hydrogens is 322 g/mol. The molecule has 0 aliphatic carbocycles. The second-order valence-electron chi connectivity index (χ2n) is 5.31. The van der Waals surface area contributed by atoms with Crippen molar-refractivity contribution in [3.8, 4) is 0 Å². The number of aryl methyl sites for hydroxylation is 1. The molecule has 2 aromatic heterocycles. The lowest BCUT2D eigenvalue weighted by molar-refractivity contribution is -0.141. The Morgan fingerprint density at radius 3 is 3.04 bits per heavy atom. The Kier molecular flexibility index (Phi) is 4.14. The number of rotatable bonds is 3.